The largest absolute Gasteiger partial charge is 0.359 e. The average Bonchev–Trinajstić information content (AvgIpc) is 2.31. The van der Waals surface area contributed by atoms with Crippen LogP contribution in [-0.2, 0) is 0 Å². The lowest BCUT2D eigenvalue weighted by atomic mass is 10.00. The van der Waals surface area contributed by atoms with Gasteiger partial charge >= 0.3 is 0 Å². The third-order valence-corrected chi connectivity index (χ3v) is 2.06. The molecule has 1 aliphatic heterocycles. The van der Waals surface area contributed by atoms with E-state index in [2.05, 4.69) is 30.6 Å². The second-order valence-electron chi connectivity index (χ2n) is 3.02. The maximum atomic E-state index is 3.98. The van der Waals surface area contributed by atoms with Crippen molar-refractivity contribution in [3.05, 3.63) is 47.9 Å². The van der Waals surface area contributed by atoms with E-state index in [1.54, 1.807) is 0 Å². The van der Waals surface area contributed by atoms with Gasteiger partial charge in [-0.05, 0) is 17.6 Å². The van der Waals surface area contributed by atoms with Gasteiger partial charge in [0.05, 0.1) is 0 Å². The molecule has 0 aromatic carbocycles. The molecule has 0 saturated heterocycles. The van der Waals surface area contributed by atoms with E-state index in [0.29, 0.717) is 0 Å². The van der Waals surface area contributed by atoms with Gasteiger partial charge in [0.25, 0.3) is 0 Å². The summed E-state index contributed by atoms with van der Waals surface area (Å²) in [6.45, 7) is 7.86. The third-order valence-electron chi connectivity index (χ3n) is 2.06. The lowest BCUT2D eigenvalue weighted by molar-refractivity contribution is 1.00. The Morgan fingerprint density at radius 1 is 1.36 bits per heavy atom. The Balaban J connectivity index is 2.40. The van der Waals surface area contributed by atoms with Gasteiger partial charge in [0.2, 0.25) is 0 Å². The quantitative estimate of drug-likeness (QED) is 0.551. The normalized spacial score (nSPS) is 22.2. The van der Waals surface area contributed by atoms with E-state index >= 15 is 0 Å². The van der Waals surface area contributed by atoms with Crippen molar-refractivity contribution in [2.24, 2.45) is 0 Å². The first kappa shape index (κ1) is 6.47. The number of hydrogen-bond acceptors (Lipinski definition) is 1. The summed E-state index contributed by atoms with van der Waals surface area (Å²) < 4.78 is 0. The zero-order valence-corrected chi connectivity index (χ0v) is 6.48. The molecule has 0 amide bonds. The Bertz CT molecular complexity index is 292. The lowest BCUT2D eigenvalue weighted by Crippen LogP contribution is -2.07. The molecule has 2 rings (SSSR count). The van der Waals surface area contributed by atoms with Crippen LogP contribution in [0.4, 0.5) is 0 Å². The summed E-state index contributed by atoms with van der Waals surface area (Å²) in [5, 5.41) is 3.24. The van der Waals surface area contributed by atoms with Crippen LogP contribution in [0, 0.1) is 0 Å². The maximum absolute atomic E-state index is 3.98. The van der Waals surface area contributed by atoms with Gasteiger partial charge in [0.15, 0.2) is 0 Å². The topological polar surface area (TPSA) is 12.0 Å². The van der Waals surface area contributed by atoms with Crippen molar-refractivity contribution in [3.63, 3.8) is 0 Å². The molecule has 2 aliphatic rings. The Kier molecular flexibility index (Phi) is 1.25. The summed E-state index contributed by atoms with van der Waals surface area (Å²) in [6, 6.07) is 0. The second kappa shape index (κ2) is 2.12. The Morgan fingerprint density at radius 3 is 2.91 bits per heavy atom. The molecule has 0 unspecified atom stereocenters. The summed E-state index contributed by atoms with van der Waals surface area (Å²) in [6.07, 6.45) is 6.25. The summed E-state index contributed by atoms with van der Waals surface area (Å²) in [5.74, 6) is 0. The minimum absolute atomic E-state index is 0.963. The van der Waals surface area contributed by atoms with Gasteiger partial charge in [0.1, 0.15) is 0 Å². The fourth-order valence-electron chi connectivity index (χ4n) is 1.52. The van der Waals surface area contributed by atoms with E-state index in [-0.39, 0.29) is 0 Å². The van der Waals surface area contributed by atoms with Crippen molar-refractivity contribution in [1.29, 1.82) is 0 Å². The van der Waals surface area contributed by atoms with Crippen LogP contribution in [0.15, 0.2) is 47.9 Å². The van der Waals surface area contributed by atoms with Gasteiger partial charge < -0.3 is 5.32 Å². The van der Waals surface area contributed by atoms with Crippen molar-refractivity contribution in [2.45, 2.75) is 12.8 Å². The lowest BCUT2D eigenvalue weighted by Gasteiger charge is -2.10. The molecule has 0 saturated carbocycles. The van der Waals surface area contributed by atoms with Gasteiger partial charge in [-0.2, -0.15) is 0 Å². The molecule has 0 atom stereocenters. The molecular weight excluding hydrogens is 134 g/mol. The molecule has 1 N–H and O–H groups in total. The minimum Gasteiger partial charge on any atom is -0.359 e. The van der Waals surface area contributed by atoms with Crippen LogP contribution in [-0.4, -0.2) is 0 Å². The van der Waals surface area contributed by atoms with Crippen LogP contribution in [0.1, 0.15) is 12.8 Å². The number of hydrogen-bond donors (Lipinski definition) is 1. The van der Waals surface area contributed by atoms with E-state index in [1.807, 2.05) is 0 Å². The van der Waals surface area contributed by atoms with Crippen molar-refractivity contribution in [3.8, 4) is 0 Å². The van der Waals surface area contributed by atoms with E-state index in [4.69, 9.17) is 0 Å². The highest BCUT2D eigenvalue weighted by molar-refractivity contribution is 5.49. The van der Waals surface area contributed by atoms with Crippen LogP contribution in [0.2, 0.25) is 0 Å². The smallest absolute Gasteiger partial charge is 0.0447 e. The van der Waals surface area contributed by atoms with E-state index in [9.17, 15) is 0 Å². The SMILES string of the molecule is C=C1CC2=C(N1)C(=C)CC=C2. The number of rotatable bonds is 0. The Labute approximate surface area is 66.8 Å². The molecule has 0 bridgehead atoms. The molecule has 0 spiro atoms. The van der Waals surface area contributed by atoms with Crippen LogP contribution >= 0.6 is 0 Å². The highest BCUT2D eigenvalue weighted by Crippen LogP contribution is 2.30. The highest BCUT2D eigenvalue weighted by atomic mass is 14.9. The third kappa shape index (κ3) is 0.929. The van der Waals surface area contributed by atoms with Gasteiger partial charge in [-0.3, -0.25) is 0 Å². The summed E-state index contributed by atoms with van der Waals surface area (Å²) in [4.78, 5) is 0. The van der Waals surface area contributed by atoms with Gasteiger partial charge in [0, 0.05) is 17.8 Å². The molecule has 0 aromatic heterocycles. The summed E-state index contributed by atoms with van der Waals surface area (Å²) in [7, 11) is 0. The predicted octanol–water partition coefficient (Wildman–Crippen LogP) is 2.26. The number of allylic oxidation sites excluding steroid dienone is 4. The van der Waals surface area contributed by atoms with E-state index in [0.717, 1.165) is 18.5 Å². The van der Waals surface area contributed by atoms with Gasteiger partial charge in [-0.1, -0.05) is 25.3 Å². The van der Waals surface area contributed by atoms with E-state index in [1.165, 1.54) is 16.8 Å². The first-order valence-corrected chi connectivity index (χ1v) is 3.80. The molecule has 56 valence electrons. The van der Waals surface area contributed by atoms with Crippen LogP contribution in [0.3, 0.4) is 0 Å². The monoisotopic (exact) mass is 145 g/mol. The molecule has 1 heterocycles. The average molecular weight is 145 g/mol. The molecule has 1 aliphatic carbocycles. The molecule has 1 heteroatoms. The zero-order chi connectivity index (χ0) is 7.84. The van der Waals surface area contributed by atoms with Gasteiger partial charge in [-0.15, -0.1) is 0 Å². The fraction of sp³-hybridized carbons (Fsp3) is 0.200. The Hall–Kier alpha value is -1.24. The second-order valence-corrected chi connectivity index (χ2v) is 3.02. The number of nitrogens with one attached hydrogen (secondary N) is 1. The molecule has 0 aromatic rings. The molecule has 1 nitrogen and oxygen atoms in total. The van der Waals surface area contributed by atoms with Crippen molar-refractivity contribution < 1.29 is 0 Å². The fourth-order valence-corrected chi connectivity index (χ4v) is 1.52. The first-order chi connectivity index (χ1) is 5.27. The van der Waals surface area contributed by atoms with Crippen molar-refractivity contribution in [1.82, 2.24) is 5.32 Å². The Morgan fingerprint density at radius 2 is 2.18 bits per heavy atom. The summed E-state index contributed by atoms with van der Waals surface area (Å²) in [5.41, 5.74) is 4.81. The van der Waals surface area contributed by atoms with Crippen LogP contribution < -0.4 is 5.32 Å². The summed E-state index contributed by atoms with van der Waals surface area (Å²) >= 11 is 0. The van der Waals surface area contributed by atoms with Crippen molar-refractivity contribution in [2.75, 3.05) is 0 Å². The molecule has 0 fully saturated rings. The molecule has 0 radical (unpaired) electrons. The maximum Gasteiger partial charge on any atom is 0.0447 e. The minimum atomic E-state index is 0.963. The van der Waals surface area contributed by atoms with Crippen LogP contribution in [0.25, 0.3) is 0 Å². The molecular formula is C10H11N. The van der Waals surface area contributed by atoms with Crippen LogP contribution in [0.5, 0.6) is 0 Å². The van der Waals surface area contributed by atoms with E-state index < -0.39 is 0 Å². The predicted molar refractivity (Wildman–Crippen MR) is 46.8 cm³/mol. The first-order valence-electron chi connectivity index (χ1n) is 3.80. The zero-order valence-electron chi connectivity index (χ0n) is 6.48. The molecule has 11 heavy (non-hydrogen) atoms. The highest BCUT2D eigenvalue weighted by Gasteiger charge is 2.18. The van der Waals surface area contributed by atoms with Crippen molar-refractivity contribution >= 4 is 0 Å². The van der Waals surface area contributed by atoms with Gasteiger partial charge in [-0.25, -0.2) is 0 Å². The standard InChI is InChI=1S/C10H11N/c1-7-4-3-5-9-6-8(2)11-10(7)9/h3,5,11H,1-2,4,6H2.